The molecule has 108 valence electrons. The number of anilines is 1. The summed E-state index contributed by atoms with van der Waals surface area (Å²) in [6.45, 7) is 7.66. The van der Waals surface area contributed by atoms with E-state index in [0.717, 1.165) is 24.1 Å². The maximum Gasteiger partial charge on any atom is 0.0992 e. The molecule has 1 aliphatic heterocycles. The first-order valence-corrected chi connectivity index (χ1v) is 8.07. The average molecular weight is 336 g/mol. The summed E-state index contributed by atoms with van der Waals surface area (Å²) in [7, 11) is 0. The van der Waals surface area contributed by atoms with Gasteiger partial charge in [-0.15, -0.1) is 0 Å². The van der Waals surface area contributed by atoms with Gasteiger partial charge in [-0.3, -0.25) is 0 Å². The second-order valence-corrected chi connectivity index (χ2v) is 6.65. The van der Waals surface area contributed by atoms with Gasteiger partial charge in [0.25, 0.3) is 0 Å². The van der Waals surface area contributed by atoms with E-state index in [-0.39, 0.29) is 0 Å². The fraction of sp³-hybridized carbons (Fsp3) is 0.562. The number of rotatable bonds is 4. The number of hydrogen-bond acceptors (Lipinski definition) is 3. The Kier molecular flexibility index (Phi) is 5.45. The molecule has 0 bridgehead atoms. The SMILES string of the molecule is CC(C)NCC1CCCN(c2ccc(C#N)cc2Br)C1. The number of piperidine rings is 1. The molecule has 1 aliphatic rings. The van der Waals surface area contributed by atoms with Gasteiger partial charge in [0.2, 0.25) is 0 Å². The molecule has 0 aromatic heterocycles. The van der Waals surface area contributed by atoms with E-state index in [1.54, 1.807) is 0 Å². The van der Waals surface area contributed by atoms with E-state index >= 15 is 0 Å². The molecule has 1 aromatic rings. The number of nitrogens with one attached hydrogen (secondary N) is 1. The van der Waals surface area contributed by atoms with Crippen molar-refractivity contribution < 1.29 is 0 Å². The van der Waals surface area contributed by atoms with Crippen molar-refractivity contribution >= 4 is 21.6 Å². The molecule has 3 nitrogen and oxygen atoms in total. The molecule has 1 aromatic carbocycles. The molecule has 0 aliphatic carbocycles. The van der Waals surface area contributed by atoms with Crippen molar-refractivity contribution in [2.75, 3.05) is 24.5 Å². The summed E-state index contributed by atoms with van der Waals surface area (Å²) in [6.07, 6.45) is 2.53. The zero-order valence-electron chi connectivity index (χ0n) is 12.2. The molecule has 0 radical (unpaired) electrons. The van der Waals surface area contributed by atoms with Gasteiger partial charge < -0.3 is 10.2 Å². The summed E-state index contributed by atoms with van der Waals surface area (Å²) in [4.78, 5) is 2.43. The Morgan fingerprint density at radius 1 is 1.50 bits per heavy atom. The van der Waals surface area contributed by atoms with Gasteiger partial charge in [0, 0.05) is 23.6 Å². The van der Waals surface area contributed by atoms with Crippen LogP contribution in [0.1, 0.15) is 32.3 Å². The van der Waals surface area contributed by atoms with Crippen LogP contribution in [0.2, 0.25) is 0 Å². The molecule has 1 N–H and O–H groups in total. The first-order valence-electron chi connectivity index (χ1n) is 7.28. The largest absolute Gasteiger partial charge is 0.370 e. The molecule has 2 rings (SSSR count). The number of nitriles is 1. The molecular weight excluding hydrogens is 314 g/mol. The maximum atomic E-state index is 8.93. The van der Waals surface area contributed by atoms with E-state index in [4.69, 9.17) is 5.26 Å². The zero-order valence-corrected chi connectivity index (χ0v) is 13.8. The predicted molar refractivity (Wildman–Crippen MR) is 86.9 cm³/mol. The summed E-state index contributed by atoms with van der Waals surface area (Å²) in [5.74, 6) is 0.702. The van der Waals surface area contributed by atoms with Crippen LogP contribution in [-0.2, 0) is 0 Å². The molecule has 0 spiro atoms. The van der Waals surface area contributed by atoms with Gasteiger partial charge in [-0.25, -0.2) is 0 Å². The Balaban J connectivity index is 2.03. The second-order valence-electron chi connectivity index (χ2n) is 5.80. The highest BCUT2D eigenvalue weighted by atomic mass is 79.9. The van der Waals surface area contributed by atoms with Gasteiger partial charge in [0.05, 0.1) is 17.3 Å². The molecular formula is C16H22BrN3. The van der Waals surface area contributed by atoms with Crippen LogP contribution < -0.4 is 10.2 Å². The molecule has 1 fully saturated rings. The lowest BCUT2D eigenvalue weighted by atomic mass is 9.97. The highest BCUT2D eigenvalue weighted by molar-refractivity contribution is 9.10. The van der Waals surface area contributed by atoms with Crippen LogP contribution in [0.3, 0.4) is 0 Å². The first kappa shape index (κ1) is 15.3. The first-order chi connectivity index (χ1) is 9.60. The Bertz CT molecular complexity index is 493. The van der Waals surface area contributed by atoms with Crippen molar-refractivity contribution in [1.29, 1.82) is 5.26 Å². The Hall–Kier alpha value is -1.05. The highest BCUT2D eigenvalue weighted by Gasteiger charge is 2.21. The lowest BCUT2D eigenvalue weighted by molar-refractivity contribution is 0.379. The minimum atomic E-state index is 0.548. The van der Waals surface area contributed by atoms with Gasteiger partial charge in [-0.05, 0) is 59.4 Å². The summed E-state index contributed by atoms with van der Waals surface area (Å²) in [5, 5.41) is 12.5. The Labute approximate surface area is 130 Å². The van der Waals surface area contributed by atoms with Crippen LogP contribution in [0.5, 0.6) is 0 Å². The molecule has 20 heavy (non-hydrogen) atoms. The fourth-order valence-electron chi connectivity index (χ4n) is 2.69. The van der Waals surface area contributed by atoms with E-state index in [1.807, 2.05) is 12.1 Å². The number of benzene rings is 1. The smallest absolute Gasteiger partial charge is 0.0992 e. The zero-order chi connectivity index (χ0) is 14.5. The standard InChI is InChI=1S/C16H22BrN3/c1-12(2)19-10-14-4-3-7-20(11-14)16-6-5-13(9-18)8-15(16)17/h5-6,8,12,14,19H,3-4,7,10-11H2,1-2H3. The molecule has 0 amide bonds. The van der Waals surface area contributed by atoms with Crippen LogP contribution >= 0.6 is 15.9 Å². The van der Waals surface area contributed by atoms with Gasteiger partial charge >= 0.3 is 0 Å². The van der Waals surface area contributed by atoms with E-state index < -0.39 is 0 Å². The van der Waals surface area contributed by atoms with Crippen molar-refractivity contribution in [2.45, 2.75) is 32.7 Å². The third kappa shape index (κ3) is 3.97. The quantitative estimate of drug-likeness (QED) is 0.914. The number of hydrogen-bond donors (Lipinski definition) is 1. The lowest BCUT2D eigenvalue weighted by Crippen LogP contribution is -2.41. The highest BCUT2D eigenvalue weighted by Crippen LogP contribution is 2.30. The summed E-state index contributed by atoms with van der Waals surface area (Å²) < 4.78 is 1.02. The van der Waals surface area contributed by atoms with Crippen molar-refractivity contribution in [2.24, 2.45) is 5.92 Å². The lowest BCUT2D eigenvalue weighted by Gasteiger charge is -2.35. The molecule has 1 atom stereocenters. The number of halogens is 1. The van der Waals surface area contributed by atoms with Crippen molar-refractivity contribution in [3.8, 4) is 6.07 Å². The van der Waals surface area contributed by atoms with Gasteiger partial charge in [-0.2, -0.15) is 5.26 Å². The summed E-state index contributed by atoms with van der Waals surface area (Å²) >= 11 is 3.60. The summed E-state index contributed by atoms with van der Waals surface area (Å²) in [5.41, 5.74) is 1.91. The minimum Gasteiger partial charge on any atom is -0.370 e. The molecule has 0 saturated carbocycles. The summed E-state index contributed by atoms with van der Waals surface area (Å²) in [6, 6.07) is 8.59. The third-order valence-corrected chi connectivity index (χ3v) is 4.39. The van der Waals surface area contributed by atoms with Crippen LogP contribution in [-0.4, -0.2) is 25.7 Å². The topological polar surface area (TPSA) is 39.1 Å². The van der Waals surface area contributed by atoms with Crippen molar-refractivity contribution in [3.63, 3.8) is 0 Å². The van der Waals surface area contributed by atoms with Crippen LogP contribution in [0, 0.1) is 17.2 Å². The van der Waals surface area contributed by atoms with Crippen molar-refractivity contribution in [1.82, 2.24) is 5.32 Å². The second kappa shape index (κ2) is 7.10. The van der Waals surface area contributed by atoms with E-state index in [2.05, 4.69) is 52.1 Å². The number of nitrogens with zero attached hydrogens (tertiary/aromatic N) is 2. The van der Waals surface area contributed by atoms with Crippen LogP contribution in [0.15, 0.2) is 22.7 Å². The van der Waals surface area contributed by atoms with Crippen LogP contribution in [0.25, 0.3) is 0 Å². The van der Waals surface area contributed by atoms with Crippen LogP contribution in [0.4, 0.5) is 5.69 Å². The average Bonchev–Trinajstić information content (AvgIpc) is 2.45. The Morgan fingerprint density at radius 2 is 2.30 bits per heavy atom. The molecule has 1 saturated heterocycles. The van der Waals surface area contributed by atoms with Gasteiger partial charge in [-0.1, -0.05) is 13.8 Å². The molecule has 1 heterocycles. The third-order valence-electron chi connectivity index (χ3n) is 3.75. The maximum absolute atomic E-state index is 8.93. The normalized spacial score (nSPS) is 19.1. The minimum absolute atomic E-state index is 0.548. The fourth-order valence-corrected chi connectivity index (χ4v) is 3.32. The van der Waals surface area contributed by atoms with Gasteiger partial charge in [0.1, 0.15) is 0 Å². The Morgan fingerprint density at radius 3 is 2.95 bits per heavy atom. The molecule has 4 heteroatoms. The van der Waals surface area contributed by atoms with Gasteiger partial charge in [0.15, 0.2) is 0 Å². The predicted octanol–water partition coefficient (Wildman–Crippen LogP) is 3.54. The monoisotopic (exact) mass is 335 g/mol. The van der Waals surface area contributed by atoms with Crippen molar-refractivity contribution in [3.05, 3.63) is 28.2 Å². The van der Waals surface area contributed by atoms with E-state index in [1.165, 1.54) is 18.5 Å². The van der Waals surface area contributed by atoms with E-state index in [0.29, 0.717) is 17.5 Å². The molecule has 1 unspecified atom stereocenters. The van der Waals surface area contributed by atoms with E-state index in [9.17, 15) is 0 Å².